The van der Waals surface area contributed by atoms with Crippen molar-refractivity contribution in [3.63, 3.8) is 0 Å². The highest BCUT2D eigenvalue weighted by molar-refractivity contribution is 14.1. The average Bonchev–Trinajstić information content (AvgIpc) is 2.15. The second-order valence-electron chi connectivity index (χ2n) is 4.45. The lowest BCUT2D eigenvalue weighted by atomic mass is 9.75. The number of hydrogen-bond acceptors (Lipinski definition) is 2. The molecular weight excluding hydrogens is 315 g/mol. The van der Waals surface area contributed by atoms with Gasteiger partial charge in [-0.1, -0.05) is 6.07 Å². The normalized spacial score (nSPS) is 17.6. The summed E-state index contributed by atoms with van der Waals surface area (Å²) in [6, 6.07) is 7.76. The smallest absolute Gasteiger partial charge is 0.226 e. The van der Waals surface area contributed by atoms with Crippen molar-refractivity contribution in [2.75, 3.05) is 5.32 Å². The second kappa shape index (κ2) is 4.71. The lowest BCUT2D eigenvalue weighted by molar-refractivity contribution is -0.118. The molecule has 0 unspecified atom stereocenters. The molecule has 1 aliphatic carbocycles. The Morgan fingerprint density at radius 1 is 1.50 bits per heavy atom. The SMILES string of the molecule is NC1(CC(=O)Nc2cccc(I)c2)CCC1. The zero-order valence-corrected chi connectivity index (χ0v) is 11.2. The van der Waals surface area contributed by atoms with Crippen LogP contribution in [0, 0.1) is 3.57 Å². The molecule has 0 aliphatic heterocycles. The molecule has 0 saturated heterocycles. The standard InChI is InChI=1S/C12H15IN2O/c13-9-3-1-4-10(7-9)15-11(16)8-12(14)5-2-6-12/h1,3-4,7H,2,5-6,8,14H2,(H,15,16). The molecule has 0 spiro atoms. The van der Waals surface area contributed by atoms with Gasteiger partial charge in [-0.2, -0.15) is 0 Å². The van der Waals surface area contributed by atoms with Gasteiger partial charge in [0.05, 0.1) is 0 Å². The Bertz CT molecular complexity index is 402. The van der Waals surface area contributed by atoms with E-state index in [1.54, 1.807) is 0 Å². The summed E-state index contributed by atoms with van der Waals surface area (Å²) in [6.45, 7) is 0. The predicted octanol–water partition coefficient (Wildman–Crippen LogP) is 2.50. The van der Waals surface area contributed by atoms with Crippen molar-refractivity contribution in [1.82, 2.24) is 0 Å². The van der Waals surface area contributed by atoms with E-state index in [-0.39, 0.29) is 11.4 Å². The Kier molecular flexibility index (Phi) is 3.49. The molecule has 2 rings (SSSR count). The number of benzene rings is 1. The van der Waals surface area contributed by atoms with E-state index in [0.29, 0.717) is 6.42 Å². The van der Waals surface area contributed by atoms with E-state index >= 15 is 0 Å². The highest BCUT2D eigenvalue weighted by atomic mass is 127. The first-order valence-corrected chi connectivity index (χ1v) is 6.50. The van der Waals surface area contributed by atoms with Gasteiger partial charge in [-0.25, -0.2) is 0 Å². The summed E-state index contributed by atoms with van der Waals surface area (Å²) in [5.41, 5.74) is 6.63. The van der Waals surface area contributed by atoms with Crippen molar-refractivity contribution in [2.45, 2.75) is 31.2 Å². The number of amides is 1. The van der Waals surface area contributed by atoms with Crippen LogP contribution in [-0.2, 0) is 4.79 Å². The Labute approximate surface area is 109 Å². The highest BCUT2D eigenvalue weighted by Gasteiger charge is 2.34. The van der Waals surface area contributed by atoms with Gasteiger partial charge >= 0.3 is 0 Å². The molecule has 1 aromatic carbocycles. The molecule has 0 aromatic heterocycles. The number of nitrogens with two attached hydrogens (primary N) is 1. The van der Waals surface area contributed by atoms with Crippen LogP contribution in [0.5, 0.6) is 0 Å². The van der Waals surface area contributed by atoms with Gasteiger partial charge in [-0.15, -0.1) is 0 Å². The Morgan fingerprint density at radius 2 is 2.25 bits per heavy atom. The van der Waals surface area contributed by atoms with Gasteiger partial charge in [0.25, 0.3) is 0 Å². The number of hydrogen-bond donors (Lipinski definition) is 2. The third-order valence-electron chi connectivity index (χ3n) is 2.97. The summed E-state index contributed by atoms with van der Waals surface area (Å²) in [7, 11) is 0. The maximum absolute atomic E-state index is 11.7. The molecule has 1 fully saturated rings. The monoisotopic (exact) mass is 330 g/mol. The fourth-order valence-corrected chi connectivity index (χ4v) is 2.44. The van der Waals surface area contributed by atoms with E-state index in [2.05, 4.69) is 27.9 Å². The molecule has 16 heavy (non-hydrogen) atoms. The number of halogens is 1. The van der Waals surface area contributed by atoms with Gasteiger partial charge in [0.15, 0.2) is 0 Å². The maximum Gasteiger partial charge on any atom is 0.226 e. The van der Waals surface area contributed by atoms with Gasteiger partial charge in [-0.3, -0.25) is 4.79 Å². The average molecular weight is 330 g/mol. The molecule has 4 heteroatoms. The molecule has 1 aliphatic rings. The Morgan fingerprint density at radius 3 is 2.81 bits per heavy atom. The second-order valence-corrected chi connectivity index (χ2v) is 5.70. The van der Waals surface area contributed by atoms with Gasteiger partial charge in [-0.05, 0) is 60.1 Å². The van der Waals surface area contributed by atoms with Gasteiger partial charge in [0, 0.05) is 21.2 Å². The Hall–Kier alpha value is -0.620. The molecule has 3 N–H and O–H groups in total. The van der Waals surface area contributed by atoms with Crippen LogP contribution >= 0.6 is 22.6 Å². The van der Waals surface area contributed by atoms with Crippen LogP contribution in [0.25, 0.3) is 0 Å². The van der Waals surface area contributed by atoms with Crippen molar-refractivity contribution >= 4 is 34.2 Å². The van der Waals surface area contributed by atoms with E-state index in [0.717, 1.165) is 28.5 Å². The lowest BCUT2D eigenvalue weighted by Crippen LogP contribution is -2.48. The van der Waals surface area contributed by atoms with E-state index in [4.69, 9.17) is 5.73 Å². The first-order chi connectivity index (χ1) is 7.57. The summed E-state index contributed by atoms with van der Waals surface area (Å²) in [4.78, 5) is 11.7. The summed E-state index contributed by atoms with van der Waals surface area (Å²) in [5, 5.41) is 2.88. The molecule has 0 atom stereocenters. The molecule has 0 bridgehead atoms. The van der Waals surface area contributed by atoms with Crippen LogP contribution in [0.15, 0.2) is 24.3 Å². The molecule has 0 heterocycles. The zero-order chi connectivity index (χ0) is 11.6. The summed E-state index contributed by atoms with van der Waals surface area (Å²) >= 11 is 2.22. The molecule has 1 aromatic rings. The molecule has 1 amide bonds. The third kappa shape index (κ3) is 2.95. The number of rotatable bonds is 3. The van der Waals surface area contributed by atoms with Crippen molar-refractivity contribution < 1.29 is 4.79 Å². The molecular formula is C12H15IN2O. The van der Waals surface area contributed by atoms with Crippen LogP contribution in [0.1, 0.15) is 25.7 Å². The van der Waals surface area contributed by atoms with Crippen LogP contribution < -0.4 is 11.1 Å². The lowest BCUT2D eigenvalue weighted by Gasteiger charge is -2.37. The van der Waals surface area contributed by atoms with E-state index in [9.17, 15) is 4.79 Å². The predicted molar refractivity (Wildman–Crippen MR) is 73.2 cm³/mol. The van der Waals surface area contributed by atoms with Crippen LogP contribution in [0.3, 0.4) is 0 Å². The minimum absolute atomic E-state index is 0.0178. The molecule has 1 saturated carbocycles. The van der Waals surface area contributed by atoms with Crippen molar-refractivity contribution in [3.05, 3.63) is 27.8 Å². The summed E-state index contributed by atoms with van der Waals surface area (Å²) in [6.07, 6.45) is 3.50. The number of carbonyl (C=O) groups excluding carboxylic acids is 1. The molecule has 86 valence electrons. The first kappa shape index (κ1) is 11.9. The molecule has 0 radical (unpaired) electrons. The topological polar surface area (TPSA) is 55.1 Å². The van der Waals surface area contributed by atoms with E-state index in [1.165, 1.54) is 0 Å². The van der Waals surface area contributed by atoms with Crippen molar-refractivity contribution in [3.8, 4) is 0 Å². The zero-order valence-electron chi connectivity index (χ0n) is 9.00. The van der Waals surface area contributed by atoms with Crippen LogP contribution in [0.4, 0.5) is 5.69 Å². The minimum Gasteiger partial charge on any atom is -0.326 e. The largest absolute Gasteiger partial charge is 0.326 e. The maximum atomic E-state index is 11.7. The Balaban J connectivity index is 1.92. The van der Waals surface area contributed by atoms with Crippen LogP contribution in [-0.4, -0.2) is 11.4 Å². The van der Waals surface area contributed by atoms with Crippen molar-refractivity contribution in [1.29, 1.82) is 0 Å². The summed E-state index contributed by atoms with van der Waals surface area (Å²) < 4.78 is 1.11. The van der Waals surface area contributed by atoms with Crippen molar-refractivity contribution in [2.24, 2.45) is 5.73 Å². The van der Waals surface area contributed by atoms with Gasteiger partial charge in [0.1, 0.15) is 0 Å². The fourth-order valence-electron chi connectivity index (χ4n) is 1.90. The quantitative estimate of drug-likeness (QED) is 0.837. The first-order valence-electron chi connectivity index (χ1n) is 5.42. The van der Waals surface area contributed by atoms with E-state index in [1.807, 2.05) is 24.3 Å². The number of nitrogens with one attached hydrogen (secondary N) is 1. The number of anilines is 1. The van der Waals surface area contributed by atoms with Crippen LogP contribution in [0.2, 0.25) is 0 Å². The number of carbonyl (C=O) groups is 1. The molecule has 3 nitrogen and oxygen atoms in total. The fraction of sp³-hybridized carbons (Fsp3) is 0.417. The van der Waals surface area contributed by atoms with Gasteiger partial charge in [0.2, 0.25) is 5.91 Å². The summed E-state index contributed by atoms with van der Waals surface area (Å²) in [5.74, 6) is 0.0178. The third-order valence-corrected chi connectivity index (χ3v) is 3.64. The highest BCUT2D eigenvalue weighted by Crippen LogP contribution is 2.32. The van der Waals surface area contributed by atoms with Gasteiger partial charge < -0.3 is 11.1 Å². The van der Waals surface area contributed by atoms with E-state index < -0.39 is 0 Å². The minimum atomic E-state index is -0.244.